The van der Waals surface area contributed by atoms with Crippen molar-refractivity contribution in [3.05, 3.63) is 90.6 Å². The second-order valence-electron chi connectivity index (χ2n) is 11.5. The molecule has 16 nitrogen and oxygen atoms in total. The third-order valence-corrected chi connectivity index (χ3v) is 7.53. The van der Waals surface area contributed by atoms with Gasteiger partial charge in [0.2, 0.25) is 5.95 Å². The van der Waals surface area contributed by atoms with Gasteiger partial charge in [-0.25, -0.2) is 29.1 Å². The van der Waals surface area contributed by atoms with Gasteiger partial charge in [0.25, 0.3) is 0 Å². The first kappa shape index (κ1) is 37.7. The highest BCUT2D eigenvalue weighted by atomic mass is 16.6. The van der Waals surface area contributed by atoms with E-state index in [2.05, 4.69) is 19.8 Å². The normalized spacial score (nSPS) is 17.1. The van der Waals surface area contributed by atoms with Gasteiger partial charge in [0.15, 0.2) is 17.1 Å². The van der Waals surface area contributed by atoms with Gasteiger partial charge in [-0.05, 0) is 69.1 Å². The second kappa shape index (κ2) is 18.6. The van der Waals surface area contributed by atoms with Gasteiger partial charge < -0.3 is 39.6 Å². The fourth-order valence-electron chi connectivity index (χ4n) is 5.34. The Balaban J connectivity index is 0.000000305. The third kappa shape index (κ3) is 12.3. The zero-order valence-corrected chi connectivity index (χ0v) is 27.8. The zero-order chi connectivity index (χ0) is 36.8. The van der Waals surface area contributed by atoms with Crippen LogP contribution in [0.25, 0.3) is 11.2 Å². The van der Waals surface area contributed by atoms with Gasteiger partial charge in [0, 0.05) is 49.6 Å². The van der Waals surface area contributed by atoms with E-state index in [-0.39, 0.29) is 6.10 Å². The van der Waals surface area contributed by atoms with Crippen molar-refractivity contribution in [2.24, 2.45) is 0 Å². The van der Waals surface area contributed by atoms with Crippen molar-refractivity contribution < 1.29 is 53.5 Å². The number of ether oxygens (including phenoxy) is 2. The number of rotatable bonds is 10. The molecule has 1 fully saturated rings. The lowest BCUT2D eigenvalue weighted by molar-refractivity contribution is -0.134. The number of nitrogens with one attached hydrogen (secondary N) is 1. The zero-order valence-electron chi connectivity index (χ0n) is 27.8. The van der Waals surface area contributed by atoms with E-state index in [4.69, 9.17) is 39.3 Å². The van der Waals surface area contributed by atoms with Crippen LogP contribution in [0.5, 0.6) is 11.5 Å². The van der Waals surface area contributed by atoms with Crippen molar-refractivity contribution in [1.82, 2.24) is 19.4 Å². The number of anilines is 1. The molecule has 6 rings (SSSR count). The molecule has 0 aliphatic carbocycles. The Hall–Kier alpha value is -6.16. The Labute approximate surface area is 292 Å². The van der Waals surface area contributed by atoms with E-state index in [0.29, 0.717) is 43.5 Å². The van der Waals surface area contributed by atoms with Gasteiger partial charge >= 0.3 is 23.9 Å². The van der Waals surface area contributed by atoms with E-state index in [9.17, 15) is 19.2 Å². The Kier molecular flexibility index (Phi) is 13.7. The average molecular weight is 706 g/mol. The number of likely N-dealkylation sites (tertiary alicyclic amines) is 1. The average Bonchev–Trinajstić information content (AvgIpc) is 3.59. The molecule has 0 amide bonds. The molecular weight excluding hydrogens is 666 g/mol. The highest BCUT2D eigenvalue weighted by Crippen LogP contribution is 2.31. The van der Waals surface area contributed by atoms with Crippen LogP contribution in [0.2, 0.25) is 0 Å². The molecule has 2 atom stereocenters. The van der Waals surface area contributed by atoms with Crippen molar-refractivity contribution in [2.45, 2.75) is 44.9 Å². The largest absolute Gasteiger partial charge is 0.486 e. The first-order valence-corrected chi connectivity index (χ1v) is 16.0. The highest BCUT2D eigenvalue weighted by molar-refractivity contribution is 5.90. The summed E-state index contributed by atoms with van der Waals surface area (Å²) in [5.41, 5.74) is 1.76. The lowest BCUT2D eigenvalue weighted by Gasteiger charge is -2.30. The summed E-state index contributed by atoms with van der Waals surface area (Å²) in [6.45, 7) is 6.11. The number of hydrogen-bond acceptors (Lipinski definition) is 11. The number of carbonyl (C=O) groups is 4. The first-order chi connectivity index (χ1) is 24.5. The number of aryl methyl sites for hydroxylation is 1. The summed E-state index contributed by atoms with van der Waals surface area (Å²) < 4.78 is 20.1. The molecule has 51 heavy (non-hydrogen) atoms. The van der Waals surface area contributed by atoms with Crippen molar-refractivity contribution >= 4 is 41.0 Å². The maximum absolute atomic E-state index is 9.55. The third-order valence-electron chi connectivity index (χ3n) is 7.53. The van der Waals surface area contributed by atoms with Gasteiger partial charge in [0.1, 0.15) is 29.7 Å². The van der Waals surface area contributed by atoms with Crippen LogP contribution < -0.4 is 14.8 Å². The fraction of sp³-hybridized carbons (Fsp3) is 0.314. The smallest absolute Gasteiger partial charge is 0.328 e. The summed E-state index contributed by atoms with van der Waals surface area (Å²) in [6, 6.07) is 16.2. The predicted molar refractivity (Wildman–Crippen MR) is 183 cm³/mol. The van der Waals surface area contributed by atoms with Gasteiger partial charge in [-0.1, -0.05) is 12.1 Å². The molecule has 270 valence electrons. The molecule has 1 aromatic carbocycles. The molecule has 4 aromatic rings. The van der Waals surface area contributed by atoms with Crippen LogP contribution in [-0.4, -0.2) is 102 Å². The van der Waals surface area contributed by atoms with Gasteiger partial charge in [-0.3, -0.25) is 9.47 Å². The number of pyridine rings is 1. The van der Waals surface area contributed by atoms with E-state index in [1.807, 2.05) is 61.7 Å². The van der Waals surface area contributed by atoms with Gasteiger partial charge in [-0.15, -0.1) is 0 Å². The molecule has 0 saturated carbocycles. The van der Waals surface area contributed by atoms with E-state index in [1.54, 1.807) is 0 Å². The molecule has 3 aromatic heterocycles. The van der Waals surface area contributed by atoms with E-state index < -0.39 is 23.9 Å². The summed E-state index contributed by atoms with van der Waals surface area (Å²) in [5.74, 6) is -0.680. The van der Waals surface area contributed by atoms with E-state index >= 15 is 0 Å². The first-order valence-electron chi connectivity index (χ1n) is 16.0. The SMILES string of the molecule is Cc1ccc(Cn2c(NC3CCCN(CC4COc5ccccc5O4)CC3)nc3cccnc32)o1.O=C(O)C=CC(=O)O.O=C(O)C=CC(=O)O. The topological polar surface area (TPSA) is 227 Å². The molecular formula is C35H39N5O11. The monoisotopic (exact) mass is 705 g/mol. The number of aromatic nitrogens is 3. The van der Waals surface area contributed by atoms with Crippen molar-refractivity contribution in [2.75, 3.05) is 31.6 Å². The maximum atomic E-state index is 9.55. The summed E-state index contributed by atoms with van der Waals surface area (Å²) in [6.07, 6.45) is 7.36. The summed E-state index contributed by atoms with van der Waals surface area (Å²) in [5, 5.41) is 35.0. The number of hydrogen-bond donors (Lipinski definition) is 5. The minimum atomic E-state index is -1.26. The van der Waals surface area contributed by atoms with Crippen LogP contribution in [0.4, 0.5) is 5.95 Å². The quantitative estimate of drug-likeness (QED) is 0.147. The lowest BCUT2D eigenvalue weighted by atomic mass is 10.1. The summed E-state index contributed by atoms with van der Waals surface area (Å²) in [4.78, 5) is 50.2. The van der Waals surface area contributed by atoms with Crippen LogP contribution in [0.1, 0.15) is 30.8 Å². The van der Waals surface area contributed by atoms with Crippen LogP contribution >= 0.6 is 0 Å². The second-order valence-corrected chi connectivity index (χ2v) is 11.5. The number of carboxylic acids is 4. The standard InChI is InChI=1S/C27H31N5O3.2C4H4O4/c1-19-10-11-21(34-19)17-32-26-23(7-4-13-28-26)30-27(32)29-20-6-5-14-31(15-12-20)16-22-18-33-24-8-2-3-9-25(24)35-22;2*5-3(6)1-2-4(7)8/h2-4,7-11,13,20,22H,5-6,12,14-18H2,1H3,(H,29,30);2*1-2H,(H,5,6)(H,7,8). The number of nitrogens with zero attached hydrogens (tertiary/aromatic N) is 4. The maximum Gasteiger partial charge on any atom is 0.328 e. The molecule has 1 saturated heterocycles. The van der Waals surface area contributed by atoms with E-state index in [0.717, 1.165) is 79.0 Å². The molecule has 0 bridgehead atoms. The number of furan rings is 1. The van der Waals surface area contributed by atoms with Crippen LogP contribution in [-0.2, 0) is 25.7 Å². The number of imidazole rings is 1. The number of carboxylic acid groups (broad SMARTS) is 4. The minimum Gasteiger partial charge on any atom is -0.486 e. The number of benzene rings is 1. The van der Waals surface area contributed by atoms with Crippen molar-refractivity contribution in [3.63, 3.8) is 0 Å². The molecule has 2 unspecified atom stereocenters. The fourth-order valence-corrected chi connectivity index (χ4v) is 5.34. The summed E-state index contributed by atoms with van der Waals surface area (Å²) in [7, 11) is 0. The van der Waals surface area contributed by atoms with E-state index in [1.165, 1.54) is 0 Å². The molecule has 5 N–H and O–H groups in total. The minimum absolute atomic E-state index is 0.0569. The molecule has 0 spiro atoms. The Morgan fingerprint density at radius 3 is 2.16 bits per heavy atom. The number of aliphatic carboxylic acids is 4. The molecule has 2 aliphatic heterocycles. The summed E-state index contributed by atoms with van der Waals surface area (Å²) >= 11 is 0. The molecule has 16 heteroatoms. The molecule has 0 radical (unpaired) electrons. The molecule has 2 aliphatic rings. The van der Waals surface area contributed by atoms with Crippen LogP contribution in [0.3, 0.4) is 0 Å². The number of para-hydroxylation sites is 2. The molecule has 5 heterocycles. The Bertz CT molecular complexity index is 1800. The van der Waals surface area contributed by atoms with Crippen LogP contribution in [0.15, 0.2) is 83.4 Å². The Morgan fingerprint density at radius 1 is 0.863 bits per heavy atom. The van der Waals surface area contributed by atoms with Gasteiger partial charge in [-0.2, -0.15) is 0 Å². The Morgan fingerprint density at radius 2 is 1.53 bits per heavy atom. The lowest BCUT2D eigenvalue weighted by Crippen LogP contribution is -2.41. The van der Waals surface area contributed by atoms with Crippen molar-refractivity contribution in [1.29, 1.82) is 0 Å². The van der Waals surface area contributed by atoms with Gasteiger partial charge in [0.05, 0.1) is 6.54 Å². The highest BCUT2D eigenvalue weighted by Gasteiger charge is 2.26. The predicted octanol–water partition coefficient (Wildman–Crippen LogP) is 3.91. The van der Waals surface area contributed by atoms with Crippen LogP contribution in [0, 0.1) is 6.92 Å². The number of fused-ring (bicyclic) bond motifs is 2. The van der Waals surface area contributed by atoms with Crippen molar-refractivity contribution in [3.8, 4) is 11.5 Å².